The summed E-state index contributed by atoms with van der Waals surface area (Å²) >= 11 is 0. The number of Topliss-reactive ketones (excluding diaryl/α,β-unsaturated/α-hetero) is 1. The molecule has 2 aromatic rings. The summed E-state index contributed by atoms with van der Waals surface area (Å²) in [5.74, 6) is 2.59. The Hall–Kier alpha value is -1.89. The molecule has 184 valence electrons. The van der Waals surface area contributed by atoms with Gasteiger partial charge in [0, 0.05) is 12.8 Å². The molecule has 1 nitrogen and oxygen atoms in total. The predicted molar refractivity (Wildman–Crippen MR) is 145 cm³/mol. The predicted octanol–water partition coefficient (Wildman–Crippen LogP) is 9.30. The van der Waals surface area contributed by atoms with Crippen molar-refractivity contribution in [2.75, 3.05) is 0 Å². The van der Waals surface area contributed by atoms with Crippen molar-refractivity contribution >= 4 is 5.78 Å². The molecule has 0 aromatic heterocycles. The number of ketones is 1. The monoisotopic (exact) mass is 458 g/mol. The molecular formula is C33H46O. The van der Waals surface area contributed by atoms with E-state index in [0.717, 1.165) is 12.8 Å². The molecule has 0 bridgehead atoms. The van der Waals surface area contributed by atoms with Crippen molar-refractivity contribution in [2.45, 2.75) is 117 Å². The second-order valence-electron chi connectivity index (χ2n) is 11.6. The van der Waals surface area contributed by atoms with Crippen LogP contribution in [0.2, 0.25) is 0 Å². The normalized spacial score (nSPS) is 19.6. The first-order valence-corrected chi connectivity index (χ1v) is 14.1. The Morgan fingerprint density at radius 3 is 1.26 bits per heavy atom. The first kappa shape index (κ1) is 25.2. The van der Waals surface area contributed by atoms with E-state index in [4.69, 9.17) is 0 Å². The van der Waals surface area contributed by atoms with Crippen molar-refractivity contribution in [1.82, 2.24) is 0 Å². The van der Waals surface area contributed by atoms with E-state index >= 15 is 0 Å². The van der Waals surface area contributed by atoms with Gasteiger partial charge in [-0.15, -0.1) is 0 Å². The molecule has 0 heterocycles. The minimum Gasteiger partial charge on any atom is -0.300 e. The van der Waals surface area contributed by atoms with Crippen LogP contribution < -0.4 is 0 Å². The van der Waals surface area contributed by atoms with Gasteiger partial charge in [-0.2, -0.15) is 0 Å². The van der Waals surface area contributed by atoms with Gasteiger partial charge in [0.05, 0.1) is 0 Å². The van der Waals surface area contributed by atoms with Gasteiger partial charge in [-0.25, -0.2) is 0 Å². The average molecular weight is 459 g/mol. The van der Waals surface area contributed by atoms with Gasteiger partial charge in [-0.1, -0.05) is 74.9 Å². The summed E-state index contributed by atoms with van der Waals surface area (Å²) in [6, 6.07) is 13.4. The second-order valence-corrected chi connectivity index (χ2v) is 11.6. The van der Waals surface area contributed by atoms with Crippen LogP contribution >= 0.6 is 0 Å². The highest BCUT2D eigenvalue weighted by atomic mass is 16.1. The van der Waals surface area contributed by atoms with Crippen molar-refractivity contribution in [1.29, 1.82) is 0 Å². The molecule has 0 radical (unpaired) electrons. The van der Waals surface area contributed by atoms with Crippen molar-refractivity contribution in [2.24, 2.45) is 11.8 Å². The van der Waals surface area contributed by atoms with E-state index in [1.807, 2.05) is 0 Å². The van der Waals surface area contributed by atoms with Crippen LogP contribution in [0.4, 0.5) is 0 Å². The van der Waals surface area contributed by atoms with Gasteiger partial charge < -0.3 is 0 Å². The van der Waals surface area contributed by atoms with E-state index in [-0.39, 0.29) is 0 Å². The van der Waals surface area contributed by atoms with Crippen LogP contribution in [-0.4, -0.2) is 5.78 Å². The maximum atomic E-state index is 13.9. The van der Waals surface area contributed by atoms with E-state index in [1.54, 1.807) is 0 Å². The third-order valence-electron chi connectivity index (χ3n) is 9.16. The third-order valence-corrected chi connectivity index (χ3v) is 9.16. The molecule has 2 aliphatic carbocycles. The van der Waals surface area contributed by atoms with Gasteiger partial charge in [-0.3, -0.25) is 4.79 Å². The van der Waals surface area contributed by atoms with E-state index in [1.165, 1.54) is 97.6 Å². The zero-order valence-electron chi connectivity index (χ0n) is 22.2. The molecule has 4 rings (SSSR count). The summed E-state index contributed by atoms with van der Waals surface area (Å²) in [5, 5.41) is 0. The number of hydrogen-bond donors (Lipinski definition) is 0. The van der Waals surface area contributed by atoms with Crippen LogP contribution in [0, 0.1) is 39.5 Å². The zero-order valence-corrected chi connectivity index (χ0v) is 22.2. The van der Waals surface area contributed by atoms with E-state index in [9.17, 15) is 4.79 Å². The van der Waals surface area contributed by atoms with Crippen LogP contribution in [0.25, 0.3) is 0 Å². The van der Waals surface area contributed by atoms with Crippen molar-refractivity contribution in [3.05, 3.63) is 69.8 Å². The Kier molecular flexibility index (Phi) is 8.67. The molecule has 2 aromatic carbocycles. The Labute approximate surface area is 208 Å². The summed E-state index contributed by atoms with van der Waals surface area (Å²) in [7, 11) is 0. The van der Waals surface area contributed by atoms with Gasteiger partial charge >= 0.3 is 0 Å². The Morgan fingerprint density at radius 2 is 0.941 bits per heavy atom. The van der Waals surface area contributed by atoms with Crippen LogP contribution in [0.3, 0.4) is 0 Å². The summed E-state index contributed by atoms with van der Waals surface area (Å²) in [6.45, 7) is 9.02. The fourth-order valence-electron chi connectivity index (χ4n) is 7.48. The largest absolute Gasteiger partial charge is 0.300 e. The first-order valence-electron chi connectivity index (χ1n) is 14.1. The molecule has 0 N–H and O–H groups in total. The molecular weight excluding hydrogens is 412 g/mol. The Bertz CT molecular complexity index is 841. The van der Waals surface area contributed by atoms with Crippen LogP contribution in [0.1, 0.15) is 122 Å². The minimum atomic E-state index is 0.388. The fraction of sp³-hybridized carbons (Fsp3) is 0.606. The van der Waals surface area contributed by atoms with Gasteiger partial charge in [-0.05, 0) is 110 Å². The average Bonchev–Trinajstić information content (AvgIpc) is 2.83. The molecule has 34 heavy (non-hydrogen) atoms. The first-order chi connectivity index (χ1) is 16.5. The van der Waals surface area contributed by atoms with Gasteiger partial charge in [0.2, 0.25) is 0 Å². The number of carbonyl (C=O) groups is 1. The lowest BCUT2D eigenvalue weighted by atomic mass is 9.69. The highest BCUT2D eigenvalue weighted by Crippen LogP contribution is 2.44. The molecule has 0 spiro atoms. The van der Waals surface area contributed by atoms with Gasteiger partial charge in [0.15, 0.2) is 0 Å². The molecule has 2 unspecified atom stereocenters. The highest BCUT2D eigenvalue weighted by Gasteiger charge is 2.33. The van der Waals surface area contributed by atoms with Crippen LogP contribution in [0.5, 0.6) is 0 Å². The molecule has 2 saturated carbocycles. The summed E-state index contributed by atoms with van der Waals surface area (Å²) in [5.41, 5.74) is 8.46. The molecule has 2 aliphatic rings. The Balaban J connectivity index is 1.61. The highest BCUT2D eigenvalue weighted by molar-refractivity contribution is 5.80. The number of aryl methyl sites for hydroxylation is 4. The van der Waals surface area contributed by atoms with E-state index in [2.05, 4.69) is 64.1 Å². The SMILES string of the molecule is Cc1cccc(C)c1C(CC(=O)CC(c1c(C)cccc1C)C1CCCCC1)C1CCCCC1. The van der Waals surface area contributed by atoms with E-state index < -0.39 is 0 Å². The smallest absolute Gasteiger partial charge is 0.134 e. The molecule has 0 amide bonds. The number of rotatable bonds is 8. The quantitative estimate of drug-likeness (QED) is 0.385. The fourth-order valence-corrected chi connectivity index (χ4v) is 7.48. The number of carbonyl (C=O) groups excluding carboxylic acids is 1. The Morgan fingerprint density at radius 1 is 0.618 bits per heavy atom. The number of hydrogen-bond acceptors (Lipinski definition) is 1. The number of benzene rings is 2. The second kappa shape index (κ2) is 11.7. The standard InChI is InChI=1S/C33H46O/c1-23-13-11-14-24(2)32(23)30(27-17-7-5-8-18-27)21-29(34)22-31(28-19-9-6-10-20-28)33-25(3)15-12-16-26(33)4/h11-16,27-28,30-31H,5-10,17-22H2,1-4H3. The maximum Gasteiger partial charge on any atom is 0.134 e. The lowest BCUT2D eigenvalue weighted by Crippen LogP contribution is -2.24. The van der Waals surface area contributed by atoms with Gasteiger partial charge in [0.1, 0.15) is 5.78 Å². The summed E-state index contributed by atoms with van der Waals surface area (Å²) in [6.07, 6.45) is 14.6. The molecule has 2 atom stereocenters. The summed E-state index contributed by atoms with van der Waals surface area (Å²) in [4.78, 5) is 13.9. The molecule has 2 fully saturated rings. The molecule has 0 saturated heterocycles. The molecule has 1 heteroatoms. The van der Waals surface area contributed by atoms with Crippen LogP contribution in [-0.2, 0) is 4.79 Å². The zero-order chi connectivity index (χ0) is 24.1. The van der Waals surface area contributed by atoms with Gasteiger partial charge in [0.25, 0.3) is 0 Å². The van der Waals surface area contributed by atoms with Crippen molar-refractivity contribution in [3.8, 4) is 0 Å². The summed E-state index contributed by atoms with van der Waals surface area (Å²) < 4.78 is 0. The maximum absolute atomic E-state index is 13.9. The van der Waals surface area contributed by atoms with E-state index in [0.29, 0.717) is 29.5 Å². The topological polar surface area (TPSA) is 17.1 Å². The van der Waals surface area contributed by atoms with Crippen molar-refractivity contribution < 1.29 is 4.79 Å². The molecule has 0 aliphatic heterocycles. The van der Waals surface area contributed by atoms with Crippen LogP contribution in [0.15, 0.2) is 36.4 Å². The third kappa shape index (κ3) is 5.84. The van der Waals surface area contributed by atoms with Crippen molar-refractivity contribution in [3.63, 3.8) is 0 Å². The minimum absolute atomic E-state index is 0.388. The lowest BCUT2D eigenvalue weighted by molar-refractivity contribution is -0.120. The lowest BCUT2D eigenvalue weighted by Gasteiger charge is -2.35.